The molecule has 1 fully saturated rings. The molecule has 0 spiro atoms. The molecule has 1 saturated carbocycles. The molecule has 0 saturated heterocycles. The van der Waals surface area contributed by atoms with Crippen molar-refractivity contribution in [1.29, 1.82) is 0 Å². The zero-order valence-electron chi connectivity index (χ0n) is 13.4. The fraction of sp³-hybridized carbons (Fsp3) is 0.438. The smallest absolute Gasteiger partial charge is 0.302 e. The molecule has 1 aliphatic rings. The Balaban J connectivity index is 1.64. The van der Waals surface area contributed by atoms with Gasteiger partial charge in [-0.25, -0.2) is 18.1 Å². The Labute approximate surface area is 140 Å². The number of aryl methyl sites for hydroxylation is 2. The first-order valence-electron chi connectivity index (χ1n) is 7.85. The number of sulfonamides is 1. The van der Waals surface area contributed by atoms with Crippen molar-refractivity contribution in [3.8, 4) is 0 Å². The minimum Gasteiger partial charge on any atom is -0.435 e. The van der Waals surface area contributed by atoms with Gasteiger partial charge in [-0.1, -0.05) is 6.42 Å². The van der Waals surface area contributed by atoms with E-state index in [-0.39, 0.29) is 17.4 Å². The zero-order valence-corrected chi connectivity index (χ0v) is 14.2. The van der Waals surface area contributed by atoms with Crippen molar-refractivity contribution in [2.75, 3.05) is 5.75 Å². The molecule has 0 bridgehead atoms. The Morgan fingerprint density at radius 1 is 1.33 bits per heavy atom. The lowest BCUT2D eigenvalue weighted by Crippen LogP contribution is -2.33. The summed E-state index contributed by atoms with van der Waals surface area (Å²) in [5.74, 6) is -0.206. The maximum Gasteiger partial charge on any atom is 0.302 e. The van der Waals surface area contributed by atoms with Crippen molar-refractivity contribution in [2.24, 2.45) is 0 Å². The van der Waals surface area contributed by atoms with Crippen molar-refractivity contribution in [2.45, 2.75) is 38.5 Å². The number of hydrogen-bond acceptors (Lipinski definition) is 6. The van der Waals surface area contributed by atoms with Gasteiger partial charge in [0.05, 0.1) is 11.4 Å². The second kappa shape index (κ2) is 6.72. The highest BCUT2D eigenvalue weighted by Crippen LogP contribution is 2.36. The third-order valence-electron chi connectivity index (χ3n) is 4.13. The van der Waals surface area contributed by atoms with Gasteiger partial charge in [0, 0.05) is 18.3 Å². The Morgan fingerprint density at radius 2 is 2.04 bits per heavy atom. The first kappa shape index (κ1) is 16.6. The summed E-state index contributed by atoms with van der Waals surface area (Å²) >= 11 is 0. The molecule has 1 aliphatic carbocycles. The molecular formula is C16H19N3O4S. The van der Waals surface area contributed by atoms with Crippen molar-refractivity contribution in [3.05, 3.63) is 47.4 Å². The van der Waals surface area contributed by atoms with Gasteiger partial charge < -0.3 is 4.42 Å². The normalized spacial score (nSPS) is 15.0. The number of nitrogens with zero attached hydrogens (tertiary/aromatic N) is 2. The summed E-state index contributed by atoms with van der Waals surface area (Å²) in [5.41, 5.74) is 1.25. The van der Waals surface area contributed by atoms with E-state index in [1.807, 2.05) is 0 Å². The monoisotopic (exact) mass is 349 g/mol. The number of aromatic nitrogens is 2. The number of nitrogens with one attached hydrogen (secondary N) is 1. The van der Waals surface area contributed by atoms with E-state index >= 15 is 0 Å². The molecule has 1 amide bonds. The second-order valence-electron chi connectivity index (χ2n) is 5.95. The third-order valence-corrected chi connectivity index (χ3v) is 5.37. The summed E-state index contributed by atoms with van der Waals surface area (Å²) < 4.78 is 31.7. The molecule has 0 radical (unpaired) electrons. The van der Waals surface area contributed by atoms with Gasteiger partial charge in [0.1, 0.15) is 0 Å². The number of rotatable bonds is 6. The van der Waals surface area contributed by atoms with E-state index in [9.17, 15) is 13.2 Å². The highest BCUT2D eigenvalue weighted by Gasteiger charge is 2.28. The molecule has 3 rings (SSSR count). The van der Waals surface area contributed by atoms with Gasteiger partial charge in [-0.05, 0) is 43.9 Å². The largest absolute Gasteiger partial charge is 0.435 e. The van der Waals surface area contributed by atoms with Gasteiger partial charge in [0.2, 0.25) is 15.8 Å². The zero-order chi connectivity index (χ0) is 17.2. The van der Waals surface area contributed by atoms with Crippen LogP contribution in [-0.4, -0.2) is 30.0 Å². The van der Waals surface area contributed by atoms with Crippen LogP contribution in [-0.2, 0) is 16.4 Å². The van der Waals surface area contributed by atoms with Crippen LogP contribution in [0.15, 0.2) is 28.9 Å². The van der Waals surface area contributed by atoms with Gasteiger partial charge >= 0.3 is 5.91 Å². The molecule has 24 heavy (non-hydrogen) atoms. The van der Waals surface area contributed by atoms with E-state index in [0.29, 0.717) is 18.0 Å². The van der Waals surface area contributed by atoms with E-state index < -0.39 is 15.9 Å². The quantitative estimate of drug-likeness (QED) is 0.855. The first-order valence-corrected chi connectivity index (χ1v) is 9.51. The molecule has 1 N–H and O–H groups in total. The maximum atomic E-state index is 12.2. The number of pyridine rings is 1. The minimum absolute atomic E-state index is 0.0237. The number of carbonyl (C=O) groups excluding carboxylic acids is 1. The SMILES string of the molecule is Cc1nc(C2CCC2)oc1C(=O)NS(=O)(=O)CCc1ccncc1. The van der Waals surface area contributed by atoms with Gasteiger partial charge in [-0.15, -0.1) is 0 Å². The van der Waals surface area contributed by atoms with E-state index in [2.05, 4.69) is 14.7 Å². The number of carbonyl (C=O) groups is 1. The predicted octanol–water partition coefficient (Wildman–Crippen LogP) is 1.95. The fourth-order valence-electron chi connectivity index (χ4n) is 2.50. The van der Waals surface area contributed by atoms with Crippen LogP contribution in [0, 0.1) is 6.92 Å². The topological polar surface area (TPSA) is 102 Å². The lowest BCUT2D eigenvalue weighted by molar-refractivity contribution is 0.0950. The Kier molecular flexibility index (Phi) is 4.66. The average molecular weight is 349 g/mol. The molecule has 7 nitrogen and oxygen atoms in total. The van der Waals surface area contributed by atoms with Crippen LogP contribution in [0.25, 0.3) is 0 Å². The lowest BCUT2D eigenvalue weighted by Gasteiger charge is -2.21. The molecule has 2 aromatic heterocycles. The molecule has 2 heterocycles. The minimum atomic E-state index is -3.75. The molecule has 2 aromatic rings. The Hall–Kier alpha value is -2.22. The van der Waals surface area contributed by atoms with E-state index in [1.54, 1.807) is 31.5 Å². The number of amides is 1. The molecule has 8 heteroatoms. The van der Waals surface area contributed by atoms with Crippen LogP contribution in [0.1, 0.15) is 52.9 Å². The third kappa shape index (κ3) is 3.81. The average Bonchev–Trinajstić information content (AvgIpc) is 2.86. The van der Waals surface area contributed by atoms with Crippen LogP contribution < -0.4 is 4.72 Å². The second-order valence-corrected chi connectivity index (χ2v) is 7.79. The van der Waals surface area contributed by atoms with Gasteiger partial charge in [0.15, 0.2) is 5.89 Å². The molecule has 0 atom stereocenters. The lowest BCUT2D eigenvalue weighted by atomic mass is 9.85. The summed E-state index contributed by atoms with van der Waals surface area (Å²) in [5, 5.41) is 0. The van der Waals surface area contributed by atoms with E-state index in [4.69, 9.17) is 4.42 Å². The maximum absolute atomic E-state index is 12.2. The summed E-state index contributed by atoms with van der Waals surface area (Å²) in [6.07, 6.45) is 6.60. The summed E-state index contributed by atoms with van der Waals surface area (Å²) in [6.45, 7) is 1.64. The van der Waals surface area contributed by atoms with Gasteiger partial charge in [0.25, 0.3) is 0 Å². The van der Waals surface area contributed by atoms with E-state index in [0.717, 1.165) is 24.8 Å². The molecular weight excluding hydrogens is 330 g/mol. The summed E-state index contributed by atoms with van der Waals surface area (Å²) in [6, 6.07) is 3.48. The first-order chi connectivity index (χ1) is 11.4. The van der Waals surface area contributed by atoms with E-state index in [1.165, 1.54) is 0 Å². The summed E-state index contributed by atoms with van der Waals surface area (Å²) in [7, 11) is -3.75. The van der Waals surface area contributed by atoms with Crippen molar-refractivity contribution < 1.29 is 17.6 Å². The standard InChI is InChI=1S/C16H19N3O4S/c1-11-14(23-16(18-11)13-3-2-4-13)15(20)19-24(21,22)10-7-12-5-8-17-9-6-12/h5-6,8-9,13H,2-4,7,10H2,1H3,(H,19,20). The molecule has 128 valence electrons. The van der Waals surface area contributed by atoms with Crippen LogP contribution in [0.5, 0.6) is 0 Å². The fourth-order valence-corrected chi connectivity index (χ4v) is 3.48. The van der Waals surface area contributed by atoms with Crippen LogP contribution in [0.2, 0.25) is 0 Å². The Bertz CT molecular complexity index is 826. The summed E-state index contributed by atoms with van der Waals surface area (Å²) in [4.78, 5) is 20.3. The Morgan fingerprint density at radius 3 is 2.67 bits per heavy atom. The highest BCUT2D eigenvalue weighted by atomic mass is 32.2. The predicted molar refractivity (Wildman–Crippen MR) is 87.0 cm³/mol. The van der Waals surface area contributed by atoms with Crippen molar-refractivity contribution in [3.63, 3.8) is 0 Å². The number of hydrogen-bond donors (Lipinski definition) is 1. The van der Waals surface area contributed by atoms with Crippen LogP contribution >= 0.6 is 0 Å². The van der Waals surface area contributed by atoms with Crippen molar-refractivity contribution >= 4 is 15.9 Å². The molecule has 0 unspecified atom stereocenters. The number of oxazole rings is 1. The van der Waals surface area contributed by atoms with Gasteiger partial charge in [-0.3, -0.25) is 9.78 Å². The van der Waals surface area contributed by atoms with Crippen molar-refractivity contribution in [1.82, 2.24) is 14.7 Å². The molecule has 0 aromatic carbocycles. The highest BCUT2D eigenvalue weighted by molar-refractivity contribution is 7.90. The van der Waals surface area contributed by atoms with Crippen LogP contribution in [0.3, 0.4) is 0 Å². The van der Waals surface area contributed by atoms with Crippen LogP contribution in [0.4, 0.5) is 0 Å². The molecule has 0 aliphatic heterocycles. The van der Waals surface area contributed by atoms with Gasteiger partial charge in [-0.2, -0.15) is 0 Å².